The van der Waals surface area contributed by atoms with E-state index in [0.29, 0.717) is 42.9 Å². The van der Waals surface area contributed by atoms with Crippen LogP contribution in [-0.2, 0) is 11.2 Å². The standard InChI is InChI=1S/C26H25N9O3S/c1-2-16-17(10-27)21(20-13-30-8-9-35(20)24-19(25(37)34-38)12-31-14-32-24)33-26(18(16)11-28)39-22(23(29)36)15-6-4-3-5-7-15/h3-7,12,14,20,22,30,38H,2,8-9,13H2,1H3,(H2,29,36)(H,34,37). The van der Waals surface area contributed by atoms with E-state index in [9.17, 15) is 25.3 Å². The number of thioether (sulfide) groups is 1. The lowest BCUT2D eigenvalue weighted by Crippen LogP contribution is -2.48. The van der Waals surface area contributed by atoms with Gasteiger partial charge < -0.3 is 16.0 Å². The van der Waals surface area contributed by atoms with Crippen molar-refractivity contribution in [2.75, 3.05) is 24.5 Å². The second-order valence-electron chi connectivity index (χ2n) is 8.53. The van der Waals surface area contributed by atoms with Crippen molar-refractivity contribution >= 4 is 29.4 Å². The van der Waals surface area contributed by atoms with Gasteiger partial charge in [0.15, 0.2) is 0 Å². The summed E-state index contributed by atoms with van der Waals surface area (Å²) in [6.45, 7) is 3.14. The number of hydroxylamine groups is 1. The summed E-state index contributed by atoms with van der Waals surface area (Å²) in [5.74, 6) is -1.12. The van der Waals surface area contributed by atoms with Gasteiger partial charge >= 0.3 is 0 Å². The van der Waals surface area contributed by atoms with Gasteiger partial charge in [-0.05, 0) is 17.5 Å². The third kappa shape index (κ3) is 5.51. The number of nitrogens with one attached hydrogen (secondary N) is 2. The number of rotatable bonds is 8. The lowest BCUT2D eigenvalue weighted by Gasteiger charge is -2.38. The molecule has 39 heavy (non-hydrogen) atoms. The number of anilines is 1. The van der Waals surface area contributed by atoms with Crippen LogP contribution >= 0.6 is 11.8 Å². The number of carbonyl (C=O) groups excluding carboxylic acids is 2. The minimum Gasteiger partial charge on any atom is -0.368 e. The minimum atomic E-state index is -0.821. The number of aromatic nitrogens is 3. The molecule has 3 aromatic rings. The van der Waals surface area contributed by atoms with Crippen molar-refractivity contribution in [3.05, 3.63) is 76.4 Å². The fourth-order valence-corrected chi connectivity index (χ4v) is 5.62. The van der Waals surface area contributed by atoms with E-state index in [1.165, 1.54) is 12.5 Å². The van der Waals surface area contributed by atoms with Crippen molar-refractivity contribution in [2.45, 2.75) is 29.7 Å². The Morgan fingerprint density at radius 2 is 2.03 bits per heavy atom. The molecule has 12 nitrogen and oxygen atoms in total. The summed E-state index contributed by atoms with van der Waals surface area (Å²) in [6.07, 6.45) is 2.95. The molecule has 2 amide bonds. The Morgan fingerprint density at radius 1 is 1.28 bits per heavy atom. The zero-order chi connectivity index (χ0) is 27.9. The molecular formula is C26H25N9O3S. The van der Waals surface area contributed by atoms with Crippen molar-refractivity contribution in [2.24, 2.45) is 5.73 Å². The normalized spacial score (nSPS) is 15.6. The van der Waals surface area contributed by atoms with E-state index >= 15 is 0 Å². The molecule has 0 aliphatic carbocycles. The van der Waals surface area contributed by atoms with E-state index in [-0.39, 0.29) is 27.5 Å². The molecule has 1 fully saturated rings. The van der Waals surface area contributed by atoms with Crippen LogP contribution in [0.15, 0.2) is 47.9 Å². The Morgan fingerprint density at radius 3 is 2.67 bits per heavy atom. The smallest absolute Gasteiger partial charge is 0.279 e. The van der Waals surface area contributed by atoms with Gasteiger partial charge in [-0.1, -0.05) is 49.0 Å². The molecule has 1 aliphatic rings. The molecule has 0 saturated carbocycles. The van der Waals surface area contributed by atoms with Crippen LogP contribution in [0, 0.1) is 22.7 Å². The van der Waals surface area contributed by atoms with E-state index in [2.05, 4.69) is 27.4 Å². The highest BCUT2D eigenvalue weighted by Crippen LogP contribution is 2.40. The van der Waals surface area contributed by atoms with Gasteiger partial charge in [0.1, 0.15) is 40.1 Å². The van der Waals surface area contributed by atoms with E-state index < -0.39 is 23.1 Å². The predicted molar refractivity (Wildman–Crippen MR) is 142 cm³/mol. The van der Waals surface area contributed by atoms with Crippen LogP contribution in [0.5, 0.6) is 0 Å². The van der Waals surface area contributed by atoms with Gasteiger partial charge in [0.25, 0.3) is 5.91 Å². The molecule has 4 rings (SSSR count). The number of benzene rings is 1. The predicted octanol–water partition coefficient (Wildman–Crippen LogP) is 1.77. The third-order valence-electron chi connectivity index (χ3n) is 6.33. The highest BCUT2D eigenvalue weighted by Gasteiger charge is 2.34. The summed E-state index contributed by atoms with van der Waals surface area (Å²) in [5, 5.41) is 32.3. The van der Waals surface area contributed by atoms with Crippen molar-refractivity contribution in [1.29, 1.82) is 10.5 Å². The van der Waals surface area contributed by atoms with E-state index in [1.54, 1.807) is 29.7 Å². The molecule has 0 spiro atoms. The maximum absolute atomic E-state index is 12.5. The largest absolute Gasteiger partial charge is 0.368 e. The first kappa shape index (κ1) is 27.5. The molecule has 198 valence electrons. The van der Waals surface area contributed by atoms with Crippen molar-refractivity contribution in [1.82, 2.24) is 25.7 Å². The van der Waals surface area contributed by atoms with Gasteiger partial charge in [-0.15, -0.1) is 0 Å². The number of piperazine rings is 1. The third-order valence-corrected chi connectivity index (χ3v) is 7.59. The zero-order valence-corrected chi connectivity index (χ0v) is 21.8. The number of nitrogens with two attached hydrogens (primary N) is 1. The SMILES string of the molecule is CCc1c(C#N)c(SC(C(N)=O)c2ccccc2)nc(C2CNCCN2c2ncncc2C(=O)NO)c1C#N. The first-order valence-electron chi connectivity index (χ1n) is 12.0. The fraction of sp³-hybridized carbons (Fsp3) is 0.269. The van der Waals surface area contributed by atoms with Crippen molar-refractivity contribution in [3.8, 4) is 12.1 Å². The Bertz CT molecular complexity index is 1470. The van der Waals surface area contributed by atoms with Crippen LogP contribution in [0.1, 0.15) is 56.5 Å². The van der Waals surface area contributed by atoms with Gasteiger partial charge in [-0.3, -0.25) is 14.8 Å². The molecule has 2 unspecified atom stereocenters. The summed E-state index contributed by atoms with van der Waals surface area (Å²) in [6, 6.07) is 12.8. The van der Waals surface area contributed by atoms with Gasteiger partial charge in [0.05, 0.1) is 22.9 Å². The van der Waals surface area contributed by atoms with Crippen LogP contribution in [0.2, 0.25) is 0 Å². The average Bonchev–Trinajstić information content (AvgIpc) is 2.98. The molecule has 13 heteroatoms. The number of amides is 2. The maximum atomic E-state index is 12.5. The molecule has 3 heterocycles. The van der Waals surface area contributed by atoms with Crippen molar-refractivity contribution in [3.63, 3.8) is 0 Å². The van der Waals surface area contributed by atoms with Gasteiger partial charge in [-0.2, -0.15) is 10.5 Å². The summed E-state index contributed by atoms with van der Waals surface area (Å²) >= 11 is 1.06. The lowest BCUT2D eigenvalue weighted by atomic mass is 9.95. The zero-order valence-electron chi connectivity index (χ0n) is 21.0. The summed E-state index contributed by atoms with van der Waals surface area (Å²) < 4.78 is 0. The van der Waals surface area contributed by atoms with Crippen LogP contribution in [0.3, 0.4) is 0 Å². The number of primary amides is 1. The Hall–Kier alpha value is -4.56. The van der Waals surface area contributed by atoms with Crippen LogP contribution < -0.4 is 21.4 Å². The number of nitriles is 2. The molecule has 5 N–H and O–H groups in total. The lowest BCUT2D eigenvalue weighted by molar-refractivity contribution is -0.117. The number of carbonyl (C=O) groups is 2. The molecule has 1 saturated heterocycles. The molecule has 1 aliphatic heterocycles. The summed E-state index contributed by atoms with van der Waals surface area (Å²) in [5.41, 5.74) is 9.41. The highest BCUT2D eigenvalue weighted by molar-refractivity contribution is 8.00. The second-order valence-corrected chi connectivity index (χ2v) is 9.63. The van der Waals surface area contributed by atoms with Gasteiger partial charge in [-0.25, -0.2) is 20.4 Å². The van der Waals surface area contributed by atoms with E-state index in [1.807, 2.05) is 17.9 Å². The highest BCUT2D eigenvalue weighted by atomic mass is 32.2. The Kier molecular flexibility index (Phi) is 8.68. The topological polar surface area (TPSA) is 194 Å². The quantitative estimate of drug-likeness (QED) is 0.184. The van der Waals surface area contributed by atoms with E-state index in [4.69, 9.17) is 10.7 Å². The molecule has 0 radical (unpaired) electrons. The van der Waals surface area contributed by atoms with E-state index in [0.717, 1.165) is 11.8 Å². The van der Waals surface area contributed by atoms with Crippen LogP contribution in [0.4, 0.5) is 5.82 Å². The van der Waals surface area contributed by atoms with Crippen molar-refractivity contribution < 1.29 is 14.8 Å². The summed E-state index contributed by atoms with van der Waals surface area (Å²) in [7, 11) is 0. The maximum Gasteiger partial charge on any atom is 0.279 e. The Labute approximate surface area is 228 Å². The second kappa shape index (κ2) is 12.3. The molecule has 2 atom stereocenters. The molecular weight excluding hydrogens is 518 g/mol. The monoisotopic (exact) mass is 543 g/mol. The number of nitrogens with zero attached hydrogens (tertiary/aromatic N) is 6. The number of pyridine rings is 1. The number of hydrogen-bond acceptors (Lipinski definition) is 11. The fourth-order valence-electron chi connectivity index (χ4n) is 4.55. The average molecular weight is 544 g/mol. The number of hydrogen-bond donors (Lipinski definition) is 4. The minimum absolute atomic E-state index is 0.0437. The first-order chi connectivity index (χ1) is 18.9. The van der Waals surface area contributed by atoms with Gasteiger partial charge in [0, 0.05) is 25.8 Å². The first-order valence-corrected chi connectivity index (χ1v) is 12.9. The van der Waals surface area contributed by atoms with Crippen LogP contribution in [-0.4, -0.2) is 51.6 Å². The van der Waals surface area contributed by atoms with Crippen LogP contribution in [0.25, 0.3) is 0 Å². The molecule has 0 bridgehead atoms. The van der Waals surface area contributed by atoms with Gasteiger partial charge in [0.2, 0.25) is 5.91 Å². The Balaban J connectivity index is 1.89. The molecule has 1 aromatic carbocycles. The molecule has 2 aromatic heterocycles. The summed E-state index contributed by atoms with van der Waals surface area (Å²) in [4.78, 5) is 39.7.